The van der Waals surface area contributed by atoms with Crippen LogP contribution in [-0.4, -0.2) is 16.8 Å². The number of hydroxylamine groups is 1. The first-order valence-corrected chi connectivity index (χ1v) is 6.82. The Balaban J connectivity index is 2.19. The molecule has 0 aliphatic carbocycles. The lowest BCUT2D eigenvalue weighted by molar-refractivity contribution is 0.0284. The average molecular weight is 300 g/mol. The Morgan fingerprint density at radius 1 is 1.18 bits per heavy atom. The van der Waals surface area contributed by atoms with Crippen LogP contribution in [0.15, 0.2) is 42.5 Å². The summed E-state index contributed by atoms with van der Waals surface area (Å²) in [5.74, 6) is 0.00761. The van der Waals surface area contributed by atoms with Crippen molar-refractivity contribution in [3.63, 3.8) is 0 Å². The highest BCUT2D eigenvalue weighted by Gasteiger charge is 2.18. The van der Waals surface area contributed by atoms with Crippen molar-refractivity contribution < 1.29 is 19.5 Å². The number of carbonyl (C=O) groups is 1. The fourth-order valence-corrected chi connectivity index (χ4v) is 1.79. The largest absolute Gasteiger partial charge is 0.504 e. The summed E-state index contributed by atoms with van der Waals surface area (Å²) in [5, 5.41) is 9.96. The van der Waals surface area contributed by atoms with Gasteiger partial charge in [0.15, 0.2) is 5.75 Å². The fourth-order valence-electron chi connectivity index (χ4n) is 1.79. The zero-order valence-electron chi connectivity index (χ0n) is 12.7. The van der Waals surface area contributed by atoms with E-state index in [-0.39, 0.29) is 11.5 Å². The van der Waals surface area contributed by atoms with Crippen LogP contribution in [0.3, 0.4) is 0 Å². The van der Waals surface area contributed by atoms with E-state index >= 15 is 0 Å². The zero-order chi connectivity index (χ0) is 16.2. The van der Waals surface area contributed by atoms with Crippen molar-refractivity contribution in [2.24, 2.45) is 0 Å². The Kier molecular flexibility index (Phi) is 4.56. The van der Waals surface area contributed by atoms with Crippen molar-refractivity contribution in [2.75, 3.05) is 0 Å². The summed E-state index contributed by atoms with van der Waals surface area (Å²) >= 11 is 0. The summed E-state index contributed by atoms with van der Waals surface area (Å²) in [5.41, 5.74) is 2.87. The minimum Gasteiger partial charge on any atom is -0.504 e. The molecule has 0 saturated carbocycles. The lowest BCUT2D eigenvalue weighted by Crippen LogP contribution is -2.34. The fraction of sp³-hybridized carbons (Fsp3) is 0.235. The van der Waals surface area contributed by atoms with E-state index in [1.54, 1.807) is 26.8 Å². The highest BCUT2D eigenvalue weighted by molar-refractivity contribution is 5.73. The van der Waals surface area contributed by atoms with Gasteiger partial charge in [0.25, 0.3) is 0 Å². The molecule has 115 valence electrons. The third-order valence-electron chi connectivity index (χ3n) is 2.63. The second-order valence-electron chi connectivity index (χ2n) is 5.64. The smallest absolute Gasteiger partial charge is 0.441 e. The predicted molar refractivity (Wildman–Crippen MR) is 82.4 cm³/mol. The Morgan fingerprint density at radius 2 is 1.86 bits per heavy atom. The molecule has 22 heavy (non-hydrogen) atoms. The first-order valence-electron chi connectivity index (χ1n) is 6.82. The van der Waals surface area contributed by atoms with Crippen LogP contribution in [0.1, 0.15) is 20.8 Å². The molecule has 0 bridgehead atoms. The average Bonchev–Trinajstić information content (AvgIpc) is 2.45. The second kappa shape index (κ2) is 6.39. The number of phenolic OH excluding ortho intramolecular Hbond substituents is 1. The molecule has 0 aromatic heterocycles. The molecule has 0 fully saturated rings. The van der Waals surface area contributed by atoms with Gasteiger partial charge in [-0.15, -0.1) is 0 Å². The molecule has 0 atom stereocenters. The van der Waals surface area contributed by atoms with E-state index in [1.165, 1.54) is 6.07 Å². The topological polar surface area (TPSA) is 67.8 Å². The summed E-state index contributed by atoms with van der Waals surface area (Å²) in [4.78, 5) is 16.9. The van der Waals surface area contributed by atoms with Gasteiger partial charge < -0.3 is 14.7 Å². The summed E-state index contributed by atoms with van der Waals surface area (Å²) in [6, 6.07) is 15.3. The third kappa shape index (κ3) is 4.15. The third-order valence-corrected chi connectivity index (χ3v) is 2.63. The van der Waals surface area contributed by atoms with Crippen LogP contribution in [0.4, 0.5) is 4.79 Å². The molecule has 2 N–H and O–H groups in total. The molecular formula is C17H18NO4. The zero-order valence-corrected chi connectivity index (χ0v) is 12.7. The van der Waals surface area contributed by atoms with Crippen LogP contribution < -0.4 is 10.3 Å². The molecule has 5 heteroatoms. The van der Waals surface area contributed by atoms with E-state index in [2.05, 4.69) is 11.5 Å². The highest BCUT2D eigenvalue weighted by atomic mass is 16.7. The minimum atomic E-state index is -0.741. The van der Waals surface area contributed by atoms with Crippen molar-refractivity contribution in [1.29, 1.82) is 0 Å². The second-order valence-corrected chi connectivity index (χ2v) is 5.64. The predicted octanol–water partition coefficient (Wildman–Crippen LogP) is 3.68. The Morgan fingerprint density at radius 3 is 2.50 bits per heavy atom. The minimum absolute atomic E-state index is 0.103. The molecule has 2 aromatic rings. The van der Waals surface area contributed by atoms with E-state index in [0.717, 1.165) is 5.56 Å². The number of aromatic hydroxyl groups is 1. The number of hydrogen-bond acceptors (Lipinski definition) is 4. The number of carbonyl (C=O) groups excluding carboxylic acids is 1. The van der Waals surface area contributed by atoms with Gasteiger partial charge >= 0.3 is 6.09 Å². The van der Waals surface area contributed by atoms with Gasteiger partial charge in [0.05, 0.1) is 0 Å². The number of hydrogen-bond donors (Lipinski definition) is 2. The summed E-state index contributed by atoms with van der Waals surface area (Å²) in [6.07, 6.45) is -0.741. The number of phenols is 1. The number of amides is 1. The van der Waals surface area contributed by atoms with Gasteiger partial charge in [-0.2, -0.15) is 5.48 Å². The monoisotopic (exact) mass is 300 g/mol. The molecule has 2 rings (SSSR count). The highest BCUT2D eigenvalue weighted by Crippen LogP contribution is 2.36. The SMILES string of the molecule is CC(C)(C)OC(=O)NOc1c(-c2ccccc2)[c]ccc1O. The quantitative estimate of drug-likeness (QED) is 0.849. The Bertz CT molecular complexity index is 647. The van der Waals surface area contributed by atoms with Gasteiger partial charge in [-0.1, -0.05) is 30.3 Å². The van der Waals surface area contributed by atoms with Gasteiger partial charge in [-0.05, 0) is 44.5 Å². The van der Waals surface area contributed by atoms with Crippen LogP contribution in [-0.2, 0) is 4.74 Å². The van der Waals surface area contributed by atoms with E-state index < -0.39 is 11.7 Å². The van der Waals surface area contributed by atoms with E-state index in [0.29, 0.717) is 5.56 Å². The van der Waals surface area contributed by atoms with Gasteiger partial charge in [0.2, 0.25) is 5.75 Å². The molecule has 1 amide bonds. The lowest BCUT2D eigenvalue weighted by Gasteiger charge is -2.20. The first-order chi connectivity index (χ1) is 10.4. The maximum atomic E-state index is 11.6. The summed E-state index contributed by atoms with van der Waals surface area (Å²) in [7, 11) is 0. The molecule has 0 heterocycles. The molecular weight excluding hydrogens is 282 g/mol. The van der Waals surface area contributed by atoms with E-state index in [1.807, 2.05) is 30.3 Å². The molecule has 0 unspecified atom stereocenters. The molecule has 2 aromatic carbocycles. The number of nitrogens with one attached hydrogen (secondary N) is 1. The van der Waals surface area contributed by atoms with Crippen LogP contribution in [0.25, 0.3) is 11.1 Å². The maximum Gasteiger partial charge on any atom is 0.441 e. The van der Waals surface area contributed by atoms with Crippen molar-refractivity contribution >= 4 is 6.09 Å². The van der Waals surface area contributed by atoms with Crippen molar-refractivity contribution in [2.45, 2.75) is 26.4 Å². The van der Waals surface area contributed by atoms with Crippen LogP contribution >= 0.6 is 0 Å². The number of ether oxygens (including phenoxy) is 1. The van der Waals surface area contributed by atoms with E-state index in [9.17, 15) is 9.90 Å². The van der Waals surface area contributed by atoms with Crippen molar-refractivity contribution in [3.05, 3.63) is 48.5 Å². The molecule has 0 aliphatic rings. The summed E-state index contributed by atoms with van der Waals surface area (Å²) < 4.78 is 5.08. The molecule has 0 spiro atoms. The van der Waals surface area contributed by atoms with Crippen molar-refractivity contribution in [1.82, 2.24) is 5.48 Å². The van der Waals surface area contributed by atoms with Gasteiger partial charge in [-0.25, -0.2) is 4.79 Å². The van der Waals surface area contributed by atoms with Crippen LogP contribution in [0.5, 0.6) is 11.5 Å². The number of rotatable bonds is 3. The Hall–Kier alpha value is -2.69. The van der Waals surface area contributed by atoms with Crippen LogP contribution in [0.2, 0.25) is 0 Å². The standard InChI is InChI=1S/C17H18NO4/c1-17(2,3)21-16(20)18-22-15-13(10-7-11-14(15)19)12-8-5-4-6-9-12/h4-9,11,19H,1-3H3,(H,18,20). The Labute approximate surface area is 129 Å². The molecule has 0 aliphatic heterocycles. The molecule has 1 radical (unpaired) electrons. The van der Waals surface area contributed by atoms with E-state index in [4.69, 9.17) is 9.57 Å². The van der Waals surface area contributed by atoms with Crippen molar-refractivity contribution in [3.8, 4) is 22.6 Å². The number of benzene rings is 2. The first kappa shape index (κ1) is 15.7. The lowest BCUT2D eigenvalue weighted by atomic mass is 10.0. The van der Waals surface area contributed by atoms with Gasteiger partial charge in [-0.3, -0.25) is 0 Å². The maximum absolute atomic E-state index is 11.6. The molecule has 5 nitrogen and oxygen atoms in total. The summed E-state index contributed by atoms with van der Waals surface area (Å²) in [6.45, 7) is 5.24. The molecule has 0 saturated heterocycles. The van der Waals surface area contributed by atoms with Gasteiger partial charge in [0.1, 0.15) is 5.60 Å². The normalized spacial score (nSPS) is 10.9. The van der Waals surface area contributed by atoms with Gasteiger partial charge in [0, 0.05) is 5.56 Å². The van der Waals surface area contributed by atoms with Crippen LogP contribution in [0, 0.1) is 6.07 Å².